The van der Waals surface area contributed by atoms with E-state index in [-0.39, 0.29) is 17.9 Å². The summed E-state index contributed by atoms with van der Waals surface area (Å²) in [6, 6.07) is 13.7. The average molecular weight is 493 g/mol. The van der Waals surface area contributed by atoms with Crippen LogP contribution in [0.5, 0.6) is 11.5 Å². The Morgan fingerprint density at radius 3 is 2.54 bits per heavy atom. The molecule has 1 aliphatic rings. The summed E-state index contributed by atoms with van der Waals surface area (Å²) in [7, 11) is 1.47. The number of nitrogens with zero attached hydrogens (tertiary/aromatic N) is 2. The number of aromatic nitrogens is 1. The molecule has 0 fully saturated rings. The molecule has 0 unspecified atom stereocenters. The molecule has 0 N–H and O–H groups in total. The summed E-state index contributed by atoms with van der Waals surface area (Å²) in [5.41, 5.74) is 2.03. The molecule has 0 aliphatic carbocycles. The predicted octanol–water partition coefficient (Wildman–Crippen LogP) is 2.73. The SMILES string of the molecule is CCOC(=O)C1=C(C)N=c2sc(=Cc3ccc(OC(C)=O)c(OC)c3)c(=O)n2[C@H]1c1ccccc1. The number of carbonyl (C=O) groups is 2. The Hall–Kier alpha value is -3.98. The van der Waals surface area contributed by atoms with E-state index in [2.05, 4.69) is 4.99 Å². The summed E-state index contributed by atoms with van der Waals surface area (Å²) in [4.78, 5) is 42.9. The second-order valence-electron chi connectivity index (χ2n) is 7.72. The first-order chi connectivity index (χ1) is 16.8. The lowest BCUT2D eigenvalue weighted by Crippen LogP contribution is -2.39. The number of esters is 2. The van der Waals surface area contributed by atoms with Gasteiger partial charge in [0.15, 0.2) is 16.3 Å². The third-order valence-corrected chi connectivity index (χ3v) is 6.35. The molecule has 8 nitrogen and oxygen atoms in total. The van der Waals surface area contributed by atoms with Gasteiger partial charge in [-0.3, -0.25) is 14.2 Å². The standard InChI is InChI=1S/C26H24N2O6S/c1-5-33-25(31)22-15(2)27-26-28(23(22)18-9-7-6-8-10-18)24(30)21(35-26)14-17-11-12-19(34-16(3)29)20(13-17)32-4/h6-14,23H,5H2,1-4H3/t23-/m0/s1. The van der Waals surface area contributed by atoms with Crippen LogP contribution in [0.15, 0.2) is 69.6 Å². The second-order valence-corrected chi connectivity index (χ2v) is 8.73. The number of ether oxygens (including phenoxy) is 3. The fourth-order valence-corrected chi connectivity index (χ4v) is 4.95. The van der Waals surface area contributed by atoms with E-state index in [0.717, 1.165) is 5.56 Å². The maximum Gasteiger partial charge on any atom is 0.338 e. The van der Waals surface area contributed by atoms with E-state index >= 15 is 0 Å². The summed E-state index contributed by atoms with van der Waals surface area (Å²) in [5, 5.41) is 0. The van der Waals surface area contributed by atoms with Crippen molar-refractivity contribution in [3.8, 4) is 11.5 Å². The largest absolute Gasteiger partial charge is 0.493 e. The first-order valence-corrected chi connectivity index (χ1v) is 11.8. The number of methoxy groups -OCH3 is 1. The maximum atomic E-state index is 13.6. The first-order valence-electron chi connectivity index (χ1n) is 10.9. The monoisotopic (exact) mass is 492 g/mol. The van der Waals surface area contributed by atoms with Crippen LogP contribution >= 0.6 is 11.3 Å². The van der Waals surface area contributed by atoms with Crippen molar-refractivity contribution in [2.24, 2.45) is 4.99 Å². The third kappa shape index (κ3) is 4.81. The van der Waals surface area contributed by atoms with Crippen LogP contribution in [-0.2, 0) is 14.3 Å². The molecule has 2 heterocycles. The molecule has 9 heteroatoms. The van der Waals surface area contributed by atoms with Crippen LogP contribution in [0.4, 0.5) is 0 Å². The fraction of sp³-hybridized carbons (Fsp3) is 0.231. The molecule has 3 aromatic rings. The molecule has 0 spiro atoms. The third-order valence-electron chi connectivity index (χ3n) is 5.37. The van der Waals surface area contributed by atoms with E-state index in [1.165, 1.54) is 29.9 Å². The Morgan fingerprint density at radius 1 is 1.14 bits per heavy atom. The van der Waals surface area contributed by atoms with Gasteiger partial charge in [0.25, 0.3) is 5.56 Å². The molecule has 1 atom stereocenters. The number of benzene rings is 2. The van der Waals surface area contributed by atoms with Crippen molar-refractivity contribution in [1.82, 2.24) is 4.57 Å². The number of rotatable bonds is 6. The van der Waals surface area contributed by atoms with Gasteiger partial charge in [-0.1, -0.05) is 47.7 Å². The van der Waals surface area contributed by atoms with Crippen molar-refractivity contribution in [2.45, 2.75) is 26.8 Å². The van der Waals surface area contributed by atoms with Gasteiger partial charge in [0.05, 0.1) is 35.6 Å². The molecule has 0 radical (unpaired) electrons. The Bertz CT molecular complexity index is 1500. The van der Waals surface area contributed by atoms with Crippen molar-refractivity contribution < 1.29 is 23.8 Å². The van der Waals surface area contributed by atoms with Crippen LogP contribution in [0, 0.1) is 0 Å². The fourth-order valence-electron chi connectivity index (χ4n) is 3.91. The minimum absolute atomic E-state index is 0.215. The molecule has 1 aromatic heterocycles. The first kappa shape index (κ1) is 24.2. The van der Waals surface area contributed by atoms with Crippen molar-refractivity contribution in [3.05, 3.63) is 90.6 Å². The van der Waals surface area contributed by atoms with Gasteiger partial charge in [0, 0.05) is 6.92 Å². The highest BCUT2D eigenvalue weighted by Gasteiger charge is 2.33. The number of hydrogen-bond acceptors (Lipinski definition) is 8. The number of hydrogen-bond donors (Lipinski definition) is 0. The number of allylic oxidation sites excluding steroid dienone is 1. The summed E-state index contributed by atoms with van der Waals surface area (Å²) < 4.78 is 17.8. The Kier molecular flexibility index (Phi) is 6.97. The molecule has 0 amide bonds. The predicted molar refractivity (Wildman–Crippen MR) is 131 cm³/mol. The highest BCUT2D eigenvalue weighted by atomic mass is 32.1. The smallest absolute Gasteiger partial charge is 0.338 e. The number of thiazole rings is 1. The van der Waals surface area contributed by atoms with Crippen molar-refractivity contribution in [2.75, 3.05) is 13.7 Å². The Balaban J connectivity index is 1.88. The molecule has 1 aliphatic heterocycles. The zero-order valence-electron chi connectivity index (χ0n) is 19.7. The summed E-state index contributed by atoms with van der Waals surface area (Å²) >= 11 is 1.23. The van der Waals surface area contributed by atoms with Gasteiger partial charge in [0.1, 0.15) is 0 Å². The highest BCUT2D eigenvalue weighted by molar-refractivity contribution is 7.07. The van der Waals surface area contributed by atoms with Crippen molar-refractivity contribution >= 4 is 29.4 Å². The summed E-state index contributed by atoms with van der Waals surface area (Å²) in [6.45, 7) is 5.01. The molecule has 0 saturated heterocycles. The molecule has 0 bridgehead atoms. The van der Waals surface area contributed by atoms with Crippen LogP contribution < -0.4 is 24.4 Å². The van der Waals surface area contributed by atoms with Gasteiger partial charge in [-0.05, 0) is 43.2 Å². The zero-order valence-corrected chi connectivity index (χ0v) is 20.5. The van der Waals surface area contributed by atoms with Gasteiger partial charge < -0.3 is 14.2 Å². The van der Waals surface area contributed by atoms with Gasteiger partial charge in [-0.15, -0.1) is 0 Å². The normalized spacial score (nSPS) is 15.3. The number of carbonyl (C=O) groups excluding carboxylic acids is 2. The Morgan fingerprint density at radius 2 is 1.89 bits per heavy atom. The quantitative estimate of drug-likeness (QED) is 0.388. The van der Waals surface area contributed by atoms with Gasteiger partial charge in [-0.2, -0.15) is 0 Å². The Labute approximate surface area is 205 Å². The maximum absolute atomic E-state index is 13.6. The van der Waals surface area contributed by atoms with Gasteiger partial charge in [-0.25, -0.2) is 9.79 Å². The van der Waals surface area contributed by atoms with Gasteiger partial charge >= 0.3 is 11.9 Å². The lowest BCUT2D eigenvalue weighted by molar-refractivity contribution is -0.139. The minimum atomic E-state index is -0.658. The molecule has 4 rings (SSSR count). The molecular weight excluding hydrogens is 468 g/mol. The van der Waals surface area contributed by atoms with Crippen LogP contribution in [0.2, 0.25) is 0 Å². The lowest BCUT2D eigenvalue weighted by atomic mass is 9.96. The van der Waals surface area contributed by atoms with Crippen molar-refractivity contribution in [3.63, 3.8) is 0 Å². The highest BCUT2D eigenvalue weighted by Crippen LogP contribution is 2.31. The topological polar surface area (TPSA) is 96.2 Å². The molecule has 35 heavy (non-hydrogen) atoms. The van der Waals surface area contributed by atoms with Crippen LogP contribution in [0.25, 0.3) is 6.08 Å². The van der Waals surface area contributed by atoms with Crippen molar-refractivity contribution in [1.29, 1.82) is 0 Å². The van der Waals surface area contributed by atoms with Gasteiger partial charge in [0.2, 0.25) is 0 Å². The average Bonchev–Trinajstić information content (AvgIpc) is 3.13. The molecule has 0 saturated carbocycles. The second kappa shape index (κ2) is 10.1. The minimum Gasteiger partial charge on any atom is -0.493 e. The van der Waals surface area contributed by atoms with Crippen LogP contribution in [0.3, 0.4) is 0 Å². The molecule has 180 valence electrons. The zero-order chi connectivity index (χ0) is 25.1. The summed E-state index contributed by atoms with van der Waals surface area (Å²) in [5.74, 6) is -0.303. The molecular formula is C26H24N2O6S. The van der Waals surface area contributed by atoms with Crippen LogP contribution in [0.1, 0.15) is 37.9 Å². The van der Waals surface area contributed by atoms with E-state index in [4.69, 9.17) is 14.2 Å². The summed E-state index contributed by atoms with van der Waals surface area (Å²) in [6.07, 6.45) is 1.72. The van der Waals surface area contributed by atoms with E-state index < -0.39 is 18.0 Å². The van der Waals surface area contributed by atoms with E-state index in [0.29, 0.717) is 31.9 Å². The van der Waals surface area contributed by atoms with Crippen LogP contribution in [-0.4, -0.2) is 30.2 Å². The van der Waals surface area contributed by atoms with E-state index in [9.17, 15) is 14.4 Å². The van der Waals surface area contributed by atoms with E-state index in [1.807, 2.05) is 30.3 Å². The molecule has 2 aromatic carbocycles. The number of fused-ring (bicyclic) bond motifs is 1. The lowest BCUT2D eigenvalue weighted by Gasteiger charge is -2.24. The van der Waals surface area contributed by atoms with E-state index in [1.54, 1.807) is 38.1 Å².